The fraction of sp³-hybridized carbons (Fsp3) is 0.417. The van der Waals surface area contributed by atoms with Crippen LogP contribution >= 0.6 is 0 Å². The van der Waals surface area contributed by atoms with Crippen molar-refractivity contribution in [3.8, 4) is 5.75 Å². The summed E-state index contributed by atoms with van der Waals surface area (Å²) in [6.07, 6.45) is 0. The van der Waals surface area contributed by atoms with Gasteiger partial charge in [0.05, 0.1) is 0 Å². The number of aromatic hydroxyl groups is 1. The van der Waals surface area contributed by atoms with Crippen LogP contribution in [0, 0.1) is 11.7 Å². The maximum Gasteiger partial charge on any atom is 0.325 e. The first-order valence-electron chi connectivity index (χ1n) is 5.36. The minimum Gasteiger partial charge on any atom is -0.508 e. The lowest BCUT2D eigenvalue weighted by Crippen LogP contribution is -2.31. The summed E-state index contributed by atoms with van der Waals surface area (Å²) in [6, 6.07) is 2.16. The highest BCUT2D eigenvalue weighted by Crippen LogP contribution is 2.25. The Balaban J connectivity index is 2.97. The first-order chi connectivity index (χ1) is 7.91. The van der Waals surface area contributed by atoms with Gasteiger partial charge >= 0.3 is 5.97 Å². The van der Waals surface area contributed by atoms with E-state index in [0.717, 1.165) is 18.2 Å². The summed E-state index contributed by atoms with van der Waals surface area (Å²) in [6.45, 7) is 4.32. The minimum absolute atomic E-state index is 0.0400. The monoisotopic (exact) mass is 241 g/mol. The van der Waals surface area contributed by atoms with Crippen molar-refractivity contribution in [1.29, 1.82) is 0 Å². The fourth-order valence-electron chi connectivity index (χ4n) is 1.44. The Morgan fingerprint density at radius 2 is 2.12 bits per heavy atom. The van der Waals surface area contributed by atoms with Gasteiger partial charge in [0.2, 0.25) is 0 Å². The molecule has 0 saturated heterocycles. The third-order valence-corrected chi connectivity index (χ3v) is 2.28. The largest absolute Gasteiger partial charge is 0.508 e. The van der Waals surface area contributed by atoms with Crippen molar-refractivity contribution in [2.45, 2.75) is 19.9 Å². The highest BCUT2D eigenvalue weighted by Gasteiger charge is 2.23. The molecule has 1 rings (SSSR count). The van der Waals surface area contributed by atoms with Crippen LogP contribution in [0.4, 0.5) is 4.39 Å². The van der Waals surface area contributed by atoms with Crippen LogP contribution < -0.4 is 5.32 Å². The first kappa shape index (κ1) is 13.4. The number of phenols is 1. The second kappa shape index (κ2) is 5.63. The van der Waals surface area contributed by atoms with Crippen molar-refractivity contribution in [2.24, 2.45) is 5.92 Å². The summed E-state index contributed by atoms with van der Waals surface area (Å²) < 4.78 is 13.0. The summed E-state index contributed by atoms with van der Waals surface area (Å²) in [4.78, 5) is 11.1. The number of halogens is 1. The smallest absolute Gasteiger partial charge is 0.325 e. The van der Waals surface area contributed by atoms with E-state index in [1.165, 1.54) is 0 Å². The van der Waals surface area contributed by atoms with E-state index in [9.17, 15) is 14.3 Å². The Kier molecular flexibility index (Phi) is 4.45. The van der Waals surface area contributed by atoms with Gasteiger partial charge in [-0.05, 0) is 30.7 Å². The molecule has 1 atom stereocenters. The number of carboxylic acid groups (broad SMARTS) is 1. The Morgan fingerprint density at radius 1 is 1.47 bits per heavy atom. The highest BCUT2D eigenvalue weighted by molar-refractivity contribution is 5.76. The van der Waals surface area contributed by atoms with Gasteiger partial charge in [0.15, 0.2) is 0 Å². The fourth-order valence-corrected chi connectivity index (χ4v) is 1.44. The molecule has 94 valence electrons. The summed E-state index contributed by atoms with van der Waals surface area (Å²) in [5.74, 6) is -1.69. The molecule has 0 bridgehead atoms. The van der Waals surface area contributed by atoms with Crippen LogP contribution in [0.25, 0.3) is 0 Å². The molecular formula is C12H16FNO3. The molecule has 1 unspecified atom stereocenters. The standard InChI is InChI=1S/C12H16FNO3/c1-7(2)6-14-11(12(16)17)9-5-8(13)3-4-10(9)15/h3-5,7,11,14-15H,6H2,1-2H3,(H,16,17). The molecule has 1 aromatic carbocycles. The Morgan fingerprint density at radius 3 is 2.65 bits per heavy atom. The number of benzene rings is 1. The van der Waals surface area contributed by atoms with E-state index in [2.05, 4.69) is 5.32 Å². The van der Waals surface area contributed by atoms with Gasteiger partial charge in [-0.15, -0.1) is 0 Å². The summed E-state index contributed by atoms with van der Waals surface area (Å²) in [5, 5.41) is 21.4. The van der Waals surface area contributed by atoms with Crippen LogP contribution in [-0.2, 0) is 4.79 Å². The van der Waals surface area contributed by atoms with Gasteiger partial charge in [0, 0.05) is 5.56 Å². The van der Waals surface area contributed by atoms with Gasteiger partial charge in [0.1, 0.15) is 17.6 Å². The van der Waals surface area contributed by atoms with Crippen molar-refractivity contribution in [2.75, 3.05) is 6.54 Å². The van der Waals surface area contributed by atoms with E-state index in [4.69, 9.17) is 5.11 Å². The lowest BCUT2D eigenvalue weighted by Gasteiger charge is -2.17. The van der Waals surface area contributed by atoms with Gasteiger partial charge in [-0.3, -0.25) is 4.79 Å². The summed E-state index contributed by atoms with van der Waals surface area (Å²) in [7, 11) is 0. The molecule has 0 fully saturated rings. The molecule has 0 amide bonds. The molecule has 0 radical (unpaired) electrons. The van der Waals surface area contributed by atoms with E-state index in [0.29, 0.717) is 6.54 Å². The molecule has 0 spiro atoms. The molecular weight excluding hydrogens is 225 g/mol. The van der Waals surface area contributed by atoms with E-state index >= 15 is 0 Å². The van der Waals surface area contributed by atoms with Crippen molar-refractivity contribution in [1.82, 2.24) is 5.32 Å². The van der Waals surface area contributed by atoms with Crippen molar-refractivity contribution >= 4 is 5.97 Å². The normalized spacial score (nSPS) is 12.7. The number of hydrogen-bond donors (Lipinski definition) is 3. The molecule has 0 aliphatic carbocycles. The van der Waals surface area contributed by atoms with E-state index in [-0.39, 0.29) is 17.2 Å². The molecule has 0 aliphatic heterocycles. The molecule has 5 heteroatoms. The molecule has 0 heterocycles. The molecule has 17 heavy (non-hydrogen) atoms. The molecule has 0 saturated carbocycles. The third-order valence-electron chi connectivity index (χ3n) is 2.28. The predicted molar refractivity (Wildman–Crippen MR) is 61.3 cm³/mol. The Bertz CT molecular complexity index is 407. The third kappa shape index (κ3) is 3.71. The van der Waals surface area contributed by atoms with Gasteiger partial charge in [-0.1, -0.05) is 13.8 Å². The van der Waals surface area contributed by atoms with E-state index < -0.39 is 17.8 Å². The average Bonchev–Trinajstić information content (AvgIpc) is 2.22. The van der Waals surface area contributed by atoms with Crippen molar-refractivity contribution < 1.29 is 19.4 Å². The Labute approximate surface area is 99.1 Å². The zero-order valence-corrected chi connectivity index (χ0v) is 9.77. The first-order valence-corrected chi connectivity index (χ1v) is 5.36. The molecule has 1 aromatic rings. The lowest BCUT2D eigenvalue weighted by atomic mass is 10.0. The lowest BCUT2D eigenvalue weighted by molar-refractivity contribution is -0.139. The molecule has 0 aliphatic rings. The second-order valence-electron chi connectivity index (χ2n) is 4.28. The van der Waals surface area contributed by atoms with Crippen molar-refractivity contribution in [3.05, 3.63) is 29.6 Å². The Hall–Kier alpha value is -1.62. The molecule has 3 N–H and O–H groups in total. The number of rotatable bonds is 5. The topological polar surface area (TPSA) is 69.6 Å². The maximum atomic E-state index is 13.0. The number of nitrogens with one attached hydrogen (secondary N) is 1. The van der Waals surface area contributed by atoms with Gasteiger partial charge in [-0.2, -0.15) is 0 Å². The van der Waals surface area contributed by atoms with Crippen molar-refractivity contribution in [3.63, 3.8) is 0 Å². The van der Waals surface area contributed by atoms with Gasteiger partial charge in [-0.25, -0.2) is 4.39 Å². The summed E-state index contributed by atoms with van der Waals surface area (Å²) in [5.41, 5.74) is 0.0400. The van der Waals surface area contributed by atoms with Crippen LogP contribution in [-0.4, -0.2) is 22.7 Å². The number of carboxylic acids is 1. The summed E-state index contributed by atoms with van der Waals surface area (Å²) >= 11 is 0. The number of carbonyl (C=O) groups is 1. The van der Waals surface area contributed by atoms with Gasteiger partial charge in [0.25, 0.3) is 0 Å². The average molecular weight is 241 g/mol. The number of aliphatic carboxylic acids is 1. The predicted octanol–water partition coefficient (Wildman–Crippen LogP) is 1.90. The number of hydrogen-bond acceptors (Lipinski definition) is 3. The minimum atomic E-state index is -1.15. The zero-order chi connectivity index (χ0) is 13.0. The number of phenolic OH excluding ortho intramolecular Hbond substituents is 1. The zero-order valence-electron chi connectivity index (χ0n) is 9.77. The van der Waals surface area contributed by atoms with Crippen LogP contribution in [0.5, 0.6) is 5.75 Å². The second-order valence-corrected chi connectivity index (χ2v) is 4.28. The maximum absolute atomic E-state index is 13.0. The highest BCUT2D eigenvalue weighted by atomic mass is 19.1. The SMILES string of the molecule is CC(C)CNC(C(=O)O)c1cc(F)ccc1O. The van der Waals surface area contributed by atoms with E-state index in [1.807, 2.05) is 13.8 Å². The van der Waals surface area contributed by atoms with E-state index in [1.54, 1.807) is 0 Å². The van der Waals surface area contributed by atoms with Crippen LogP contribution in [0.1, 0.15) is 25.5 Å². The quantitative estimate of drug-likeness (QED) is 0.736. The van der Waals surface area contributed by atoms with Crippen LogP contribution in [0.3, 0.4) is 0 Å². The molecule has 4 nitrogen and oxygen atoms in total. The van der Waals surface area contributed by atoms with Crippen LogP contribution in [0.2, 0.25) is 0 Å². The molecule has 0 aromatic heterocycles. The van der Waals surface area contributed by atoms with Gasteiger partial charge < -0.3 is 15.5 Å². The van der Waals surface area contributed by atoms with Crippen LogP contribution in [0.15, 0.2) is 18.2 Å².